The number of ether oxygens (including phenoxy) is 2. The Hall–Kier alpha value is -1.16. The molecule has 136 valence electrons. The van der Waals surface area contributed by atoms with E-state index in [2.05, 4.69) is 0 Å². The van der Waals surface area contributed by atoms with Crippen LogP contribution >= 0.6 is 0 Å². The number of morpholine rings is 1. The fourth-order valence-corrected chi connectivity index (χ4v) is 4.57. The van der Waals surface area contributed by atoms with Crippen molar-refractivity contribution in [3.05, 3.63) is 24.3 Å². The van der Waals surface area contributed by atoms with Gasteiger partial charge in [0.15, 0.2) is 9.84 Å². The maximum atomic E-state index is 12.6. The number of nitrogens with zero attached hydrogens (tertiary/aromatic N) is 1. The zero-order chi connectivity index (χ0) is 17.8. The van der Waals surface area contributed by atoms with Crippen LogP contribution in [0.4, 0.5) is 0 Å². The van der Waals surface area contributed by atoms with Crippen molar-refractivity contribution in [2.24, 2.45) is 0 Å². The van der Waals surface area contributed by atoms with Gasteiger partial charge in [0.1, 0.15) is 12.4 Å². The van der Waals surface area contributed by atoms with Gasteiger partial charge in [0.25, 0.3) is 0 Å². The number of sulfonamides is 1. The minimum absolute atomic E-state index is 0.0444. The molecular formula is C15H23NO6S2. The lowest BCUT2D eigenvalue weighted by molar-refractivity contribution is 0.0393. The summed E-state index contributed by atoms with van der Waals surface area (Å²) in [7, 11) is -6.65. The minimum atomic E-state index is -3.57. The highest BCUT2D eigenvalue weighted by atomic mass is 32.2. The van der Waals surface area contributed by atoms with Crippen molar-refractivity contribution in [2.45, 2.75) is 24.8 Å². The number of hydrogen-bond acceptors (Lipinski definition) is 6. The summed E-state index contributed by atoms with van der Waals surface area (Å²) in [5, 5.41) is 0. The predicted octanol–water partition coefficient (Wildman–Crippen LogP) is 0.910. The Labute approximate surface area is 143 Å². The highest BCUT2D eigenvalue weighted by molar-refractivity contribution is 7.91. The average molecular weight is 377 g/mol. The topological polar surface area (TPSA) is 90.0 Å². The zero-order valence-corrected chi connectivity index (χ0v) is 15.5. The van der Waals surface area contributed by atoms with Crippen LogP contribution in [0.2, 0.25) is 0 Å². The second-order valence-corrected chi connectivity index (χ2v) is 9.96. The van der Waals surface area contributed by atoms with Gasteiger partial charge in [-0.15, -0.1) is 0 Å². The summed E-state index contributed by atoms with van der Waals surface area (Å²) in [5.41, 5.74) is 0. The summed E-state index contributed by atoms with van der Waals surface area (Å²) >= 11 is 0. The second kappa shape index (κ2) is 7.81. The Morgan fingerprint density at radius 3 is 2.46 bits per heavy atom. The highest BCUT2D eigenvalue weighted by Gasteiger charge is 2.31. The fourth-order valence-electron chi connectivity index (χ4n) is 2.34. The minimum Gasteiger partial charge on any atom is -0.493 e. The molecule has 7 nitrogen and oxygen atoms in total. The number of benzene rings is 1. The summed E-state index contributed by atoms with van der Waals surface area (Å²) in [4.78, 5) is 0.185. The van der Waals surface area contributed by atoms with Crippen molar-refractivity contribution in [3.63, 3.8) is 0 Å². The van der Waals surface area contributed by atoms with Crippen molar-refractivity contribution in [3.8, 4) is 5.75 Å². The van der Waals surface area contributed by atoms with Gasteiger partial charge in [-0.3, -0.25) is 0 Å². The standard InChI is InChI=1S/C15H23NO6S2/c1-3-23(17,18)11-10-22-14-4-6-15(7-5-14)24(19,20)16-8-9-21-12-13(16)2/h4-7,13H,3,8-12H2,1-2H3. The van der Waals surface area contributed by atoms with Crippen LogP contribution in [0.5, 0.6) is 5.75 Å². The van der Waals surface area contributed by atoms with Crippen molar-refractivity contribution < 1.29 is 26.3 Å². The molecule has 0 spiro atoms. The molecule has 1 atom stereocenters. The van der Waals surface area contributed by atoms with Crippen molar-refractivity contribution in [1.29, 1.82) is 0 Å². The Bertz CT molecular complexity index is 743. The molecule has 1 aromatic carbocycles. The molecule has 0 N–H and O–H groups in total. The van der Waals surface area contributed by atoms with Crippen LogP contribution in [-0.4, -0.2) is 65.1 Å². The number of sulfone groups is 1. The first-order valence-corrected chi connectivity index (χ1v) is 11.1. The van der Waals surface area contributed by atoms with Gasteiger partial charge < -0.3 is 9.47 Å². The predicted molar refractivity (Wildman–Crippen MR) is 90.4 cm³/mol. The van der Waals surface area contributed by atoms with Crippen LogP contribution in [0, 0.1) is 0 Å². The van der Waals surface area contributed by atoms with Crippen LogP contribution in [0.1, 0.15) is 13.8 Å². The first-order chi connectivity index (χ1) is 11.3. The lowest BCUT2D eigenvalue weighted by Gasteiger charge is -2.32. The maximum Gasteiger partial charge on any atom is 0.243 e. The molecule has 1 aromatic rings. The van der Waals surface area contributed by atoms with Crippen LogP contribution in [0.25, 0.3) is 0 Å². The third-order valence-electron chi connectivity index (χ3n) is 3.84. The van der Waals surface area contributed by atoms with Crippen LogP contribution in [0.15, 0.2) is 29.2 Å². The average Bonchev–Trinajstić information content (AvgIpc) is 2.55. The summed E-state index contributed by atoms with van der Waals surface area (Å²) in [5.74, 6) is 0.454. The molecule has 1 aliphatic rings. The molecule has 1 fully saturated rings. The zero-order valence-electron chi connectivity index (χ0n) is 13.8. The van der Waals surface area contributed by atoms with E-state index in [9.17, 15) is 16.8 Å². The van der Waals surface area contributed by atoms with Crippen LogP contribution in [0.3, 0.4) is 0 Å². The van der Waals surface area contributed by atoms with Gasteiger partial charge in [0, 0.05) is 18.3 Å². The van der Waals surface area contributed by atoms with Gasteiger partial charge in [-0.2, -0.15) is 4.31 Å². The molecule has 0 aromatic heterocycles. The van der Waals surface area contributed by atoms with E-state index in [1.807, 2.05) is 6.92 Å². The van der Waals surface area contributed by atoms with Crippen molar-refractivity contribution in [2.75, 3.05) is 37.9 Å². The Morgan fingerprint density at radius 1 is 1.21 bits per heavy atom. The molecule has 0 aliphatic carbocycles. The quantitative estimate of drug-likeness (QED) is 0.702. The summed E-state index contributed by atoms with van der Waals surface area (Å²) in [6.07, 6.45) is 0. The Kier molecular flexibility index (Phi) is 6.24. The second-order valence-electron chi connectivity index (χ2n) is 5.60. The molecule has 1 heterocycles. The van der Waals surface area contributed by atoms with Gasteiger partial charge in [-0.25, -0.2) is 16.8 Å². The Balaban J connectivity index is 2.03. The summed E-state index contributed by atoms with van der Waals surface area (Å²) in [6, 6.07) is 5.81. The molecule has 0 bridgehead atoms. The molecule has 9 heteroatoms. The number of hydrogen-bond donors (Lipinski definition) is 0. The lowest BCUT2D eigenvalue weighted by Crippen LogP contribution is -2.46. The molecule has 2 rings (SSSR count). The molecule has 0 saturated carbocycles. The highest BCUT2D eigenvalue weighted by Crippen LogP contribution is 2.22. The van der Waals surface area contributed by atoms with E-state index in [4.69, 9.17) is 9.47 Å². The van der Waals surface area contributed by atoms with Gasteiger partial charge in [-0.1, -0.05) is 6.92 Å². The van der Waals surface area contributed by atoms with E-state index in [1.54, 1.807) is 6.92 Å². The first-order valence-electron chi connectivity index (χ1n) is 7.79. The van der Waals surface area contributed by atoms with Gasteiger partial charge in [0.2, 0.25) is 10.0 Å². The van der Waals surface area contributed by atoms with Gasteiger partial charge >= 0.3 is 0 Å². The van der Waals surface area contributed by atoms with Crippen molar-refractivity contribution >= 4 is 19.9 Å². The first kappa shape index (κ1) is 19.2. The maximum absolute atomic E-state index is 12.6. The summed E-state index contributed by atoms with van der Waals surface area (Å²) < 4.78 is 60.2. The van der Waals surface area contributed by atoms with Crippen LogP contribution in [-0.2, 0) is 24.6 Å². The summed E-state index contributed by atoms with van der Waals surface area (Å²) in [6.45, 7) is 4.53. The largest absolute Gasteiger partial charge is 0.493 e. The molecule has 0 radical (unpaired) electrons. The normalized spacial score (nSPS) is 20.0. The van der Waals surface area contributed by atoms with E-state index < -0.39 is 19.9 Å². The van der Waals surface area contributed by atoms with Gasteiger partial charge in [0.05, 0.1) is 23.9 Å². The molecule has 1 unspecified atom stereocenters. The van der Waals surface area contributed by atoms with Gasteiger partial charge in [-0.05, 0) is 31.2 Å². The smallest absolute Gasteiger partial charge is 0.243 e. The Morgan fingerprint density at radius 2 is 1.88 bits per heavy atom. The van der Waals surface area contributed by atoms with E-state index in [0.29, 0.717) is 25.5 Å². The third-order valence-corrected chi connectivity index (χ3v) is 7.54. The SMILES string of the molecule is CCS(=O)(=O)CCOc1ccc(S(=O)(=O)N2CCOCC2C)cc1. The lowest BCUT2D eigenvalue weighted by atomic mass is 10.3. The molecule has 1 aliphatic heterocycles. The molecule has 0 amide bonds. The van der Waals surface area contributed by atoms with E-state index in [-0.39, 0.29) is 29.0 Å². The number of rotatable bonds is 7. The van der Waals surface area contributed by atoms with Crippen molar-refractivity contribution in [1.82, 2.24) is 4.31 Å². The fraction of sp³-hybridized carbons (Fsp3) is 0.600. The van der Waals surface area contributed by atoms with E-state index in [1.165, 1.54) is 28.6 Å². The molecule has 1 saturated heterocycles. The third kappa shape index (κ3) is 4.69. The van der Waals surface area contributed by atoms with Crippen LogP contribution < -0.4 is 4.74 Å². The molecular weight excluding hydrogens is 354 g/mol. The molecule has 24 heavy (non-hydrogen) atoms. The van der Waals surface area contributed by atoms with E-state index in [0.717, 1.165) is 0 Å². The monoisotopic (exact) mass is 377 g/mol. The van der Waals surface area contributed by atoms with E-state index >= 15 is 0 Å².